The van der Waals surface area contributed by atoms with E-state index >= 15 is 0 Å². The third kappa shape index (κ3) is 5.00. The highest BCUT2D eigenvalue weighted by Gasteiger charge is 1.99. The van der Waals surface area contributed by atoms with Gasteiger partial charge in [-0.3, -0.25) is 0 Å². The van der Waals surface area contributed by atoms with Crippen LogP contribution in [-0.4, -0.2) is 25.5 Å². The van der Waals surface area contributed by atoms with Crippen molar-refractivity contribution in [3.63, 3.8) is 0 Å². The second kappa shape index (κ2) is 6.64. The average molecular weight is 210 g/mol. The van der Waals surface area contributed by atoms with Gasteiger partial charge in [0.2, 0.25) is 0 Å². The van der Waals surface area contributed by atoms with Crippen molar-refractivity contribution in [2.75, 3.05) is 20.6 Å². The summed E-state index contributed by atoms with van der Waals surface area (Å²) < 4.78 is 5.28. The molecule has 0 saturated carbocycles. The molecule has 0 aliphatic rings. The molecule has 0 amide bonds. The van der Waals surface area contributed by atoms with Gasteiger partial charge in [0.1, 0.15) is 5.76 Å². The molecule has 3 heteroatoms. The molecule has 1 aromatic rings. The highest BCUT2D eigenvalue weighted by Crippen LogP contribution is 2.11. The lowest BCUT2D eigenvalue weighted by molar-refractivity contribution is 0.391. The number of aryl methyl sites for hydroxylation is 1. The molecule has 15 heavy (non-hydrogen) atoms. The quantitative estimate of drug-likeness (QED) is 0.700. The molecule has 3 nitrogen and oxygen atoms in total. The fourth-order valence-electron chi connectivity index (χ4n) is 1.60. The van der Waals surface area contributed by atoms with Gasteiger partial charge in [-0.05, 0) is 51.5 Å². The highest BCUT2D eigenvalue weighted by atomic mass is 16.3. The molecule has 0 atom stereocenters. The standard InChI is InChI=1S/C12H22N2O/c1-14(2)7-5-3-4-6-11-8-12(9-13)15-10-11/h8,10H,3-7,9,13H2,1-2H3. The van der Waals surface area contributed by atoms with E-state index in [2.05, 4.69) is 25.1 Å². The third-order valence-electron chi connectivity index (χ3n) is 2.48. The van der Waals surface area contributed by atoms with Crippen molar-refractivity contribution >= 4 is 0 Å². The minimum atomic E-state index is 0.501. The van der Waals surface area contributed by atoms with Crippen LogP contribution in [0.2, 0.25) is 0 Å². The van der Waals surface area contributed by atoms with Gasteiger partial charge in [-0.1, -0.05) is 6.42 Å². The monoisotopic (exact) mass is 210 g/mol. The van der Waals surface area contributed by atoms with Gasteiger partial charge in [0.25, 0.3) is 0 Å². The predicted molar refractivity (Wildman–Crippen MR) is 62.7 cm³/mol. The van der Waals surface area contributed by atoms with Gasteiger partial charge in [-0.25, -0.2) is 0 Å². The van der Waals surface area contributed by atoms with Crippen LogP contribution in [0.4, 0.5) is 0 Å². The Hall–Kier alpha value is -0.800. The van der Waals surface area contributed by atoms with Gasteiger partial charge >= 0.3 is 0 Å². The molecule has 0 spiro atoms. The molecule has 0 aliphatic carbocycles. The Morgan fingerprint density at radius 3 is 2.67 bits per heavy atom. The first-order valence-corrected chi connectivity index (χ1v) is 5.63. The van der Waals surface area contributed by atoms with Gasteiger partial charge < -0.3 is 15.1 Å². The Balaban J connectivity index is 2.09. The van der Waals surface area contributed by atoms with Crippen molar-refractivity contribution in [1.29, 1.82) is 0 Å². The Kier molecular flexibility index (Phi) is 5.43. The van der Waals surface area contributed by atoms with E-state index in [1.165, 1.54) is 31.4 Å². The lowest BCUT2D eigenvalue weighted by Gasteiger charge is -2.07. The summed E-state index contributed by atoms with van der Waals surface area (Å²) in [6, 6.07) is 2.06. The SMILES string of the molecule is CN(C)CCCCCc1coc(CN)c1. The third-order valence-corrected chi connectivity index (χ3v) is 2.48. The maximum absolute atomic E-state index is 5.47. The first kappa shape index (κ1) is 12.3. The molecule has 1 heterocycles. The summed E-state index contributed by atoms with van der Waals surface area (Å²) in [4.78, 5) is 2.23. The average Bonchev–Trinajstić information content (AvgIpc) is 2.65. The van der Waals surface area contributed by atoms with Crippen molar-refractivity contribution in [2.24, 2.45) is 5.73 Å². The van der Waals surface area contributed by atoms with Gasteiger partial charge in [0, 0.05) is 0 Å². The van der Waals surface area contributed by atoms with E-state index < -0.39 is 0 Å². The number of nitrogens with two attached hydrogens (primary N) is 1. The molecule has 0 aromatic carbocycles. The minimum Gasteiger partial charge on any atom is -0.468 e. The zero-order valence-electron chi connectivity index (χ0n) is 9.83. The summed E-state index contributed by atoms with van der Waals surface area (Å²) in [5.41, 5.74) is 6.75. The molecule has 86 valence electrons. The van der Waals surface area contributed by atoms with E-state index in [1.807, 2.05) is 6.26 Å². The molecule has 1 rings (SSSR count). The fourth-order valence-corrected chi connectivity index (χ4v) is 1.60. The number of furan rings is 1. The van der Waals surface area contributed by atoms with E-state index in [9.17, 15) is 0 Å². The molecule has 0 aliphatic heterocycles. The summed E-state index contributed by atoms with van der Waals surface area (Å²) >= 11 is 0. The van der Waals surface area contributed by atoms with Gasteiger partial charge in [0.05, 0.1) is 12.8 Å². The smallest absolute Gasteiger partial charge is 0.117 e. The molecule has 0 fully saturated rings. The second-order valence-corrected chi connectivity index (χ2v) is 4.24. The second-order valence-electron chi connectivity index (χ2n) is 4.24. The minimum absolute atomic E-state index is 0.501. The Morgan fingerprint density at radius 2 is 2.07 bits per heavy atom. The molecule has 0 bridgehead atoms. The van der Waals surface area contributed by atoms with Gasteiger partial charge in [-0.15, -0.1) is 0 Å². The summed E-state index contributed by atoms with van der Waals surface area (Å²) in [7, 11) is 4.23. The van der Waals surface area contributed by atoms with Gasteiger partial charge in [-0.2, -0.15) is 0 Å². The van der Waals surface area contributed by atoms with E-state index in [0.29, 0.717) is 6.54 Å². The normalized spacial score (nSPS) is 11.2. The van der Waals surface area contributed by atoms with Crippen LogP contribution in [0.1, 0.15) is 30.6 Å². The van der Waals surface area contributed by atoms with Crippen molar-refractivity contribution < 1.29 is 4.42 Å². The summed E-state index contributed by atoms with van der Waals surface area (Å²) in [6.45, 7) is 1.68. The highest BCUT2D eigenvalue weighted by molar-refractivity contribution is 5.12. The van der Waals surface area contributed by atoms with Crippen LogP contribution in [0.3, 0.4) is 0 Å². The van der Waals surface area contributed by atoms with Crippen molar-refractivity contribution in [1.82, 2.24) is 4.90 Å². The Bertz CT molecular complexity index is 268. The predicted octanol–water partition coefficient (Wildman–Crippen LogP) is 2.01. The molecule has 2 N–H and O–H groups in total. The molecule has 0 unspecified atom stereocenters. The number of hydrogen-bond donors (Lipinski definition) is 1. The molecule has 0 radical (unpaired) electrons. The zero-order valence-corrected chi connectivity index (χ0v) is 9.83. The Morgan fingerprint density at radius 1 is 1.27 bits per heavy atom. The van der Waals surface area contributed by atoms with E-state index in [-0.39, 0.29) is 0 Å². The number of unbranched alkanes of at least 4 members (excludes halogenated alkanes) is 2. The summed E-state index contributed by atoms with van der Waals surface area (Å²) in [5.74, 6) is 0.887. The molecule has 1 aromatic heterocycles. The van der Waals surface area contributed by atoms with Crippen LogP contribution >= 0.6 is 0 Å². The summed E-state index contributed by atoms with van der Waals surface area (Å²) in [6.07, 6.45) is 6.72. The lowest BCUT2D eigenvalue weighted by Crippen LogP contribution is -2.12. The van der Waals surface area contributed by atoms with Gasteiger partial charge in [0.15, 0.2) is 0 Å². The van der Waals surface area contributed by atoms with Crippen LogP contribution in [-0.2, 0) is 13.0 Å². The maximum Gasteiger partial charge on any atom is 0.117 e. The van der Waals surface area contributed by atoms with Crippen LogP contribution < -0.4 is 5.73 Å². The first-order chi connectivity index (χ1) is 7.22. The van der Waals surface area contributed by atoms with Crippen molar-refractivity contribution in [3.05, 3.63) is 23.7 Å². The summed E-state index contributed by atoms with van der Waals surface area (Å²) in [5, 5.41) is 0. The Labute approximate surface area is 92.2 Å². The maximum atomic E-state index is 5.47. The van der Waals surface area contributed by atoms with Crippen LogP contribution in [0.25, 0.3) is 0 Å². The topological polar surface area (TPSA) is 42.4 Å². The van der Waals surface area contributed by atoms with E-state index in [0.717, 1.165) is 12.2 Å². The molecule has 0 saturated heterocycles. The molecular weight excluding hydrogens is 188 g/mol. The lowest BCUT2D eigenvalue weighted by atomic mass is 10.1. The van der Waals surface area contributed by atoms with E-state index in [1.54, 1.807) is 0 Å². The largest absolute Gasteiger partial charge is 0.468 e. The van der Waals surface area contributed by atoms with Crippen molar-refractivity contribution in [3.8, 4) is 0 Å². The van der Waals surface area contributed by atoms with Crippen LogP contribution in [0.15, 0.2) is 16.7 Å². The van der Waals surface area contributed by atoms with E-state index in [4.69, 9.17) is 10.2 Å². The number of hydrogen-bond acceptors (Lipinski definition) is 3. The zero-order chi connectivity index (χ0) is 11.1. The van der Waals surface area contributed by atoms with Crippen molar-refractivity contribution in [2.45, 2.75) is 32.2 Å². The molecular formula is C12H22N2O. The number of rotatable bonds is 7. The van der Waals surface area contributed by atoms with Crippen LogP contribution in [0, 0.1) is 0 Å². The number of nitrogens with zero attached hydrogens (tertiary/aromatic N) is 1. The first-order valence-electron chi connectivity index (χ1n) is 5.63. The van der Waals surface area contributed by atoms with Crippen LogP contribution in [0.5, 0.6) is 0 Å². The fraction of sp³-hybridized carbons (Fsp3) is 0.667.